The van der Waals surface area contributed by atoms with Crippen LogP contribution in [0.2, 0.25) is 0 Å². The molecule has 11 nitrogen and oxygen atoms in total. The van der Waals surface area contributed by atoms with Crippen LogP contribution in [0.4, 0.5) is 11.5 Å². The summed E-state index contributed by atoms with van der Waals surface area (Å²) in [6, 6.07) is 20.4. The Bertz CT molecular complexity index is 1530. The molecule has 12 heteroatoms. The van der Waals surface area contributed by atoms with Crippen molar-refractivity contribution in [1.82, 2.24) is 9.88 Å². The smallest absolute Gasteiger partial charge is 0.296 e. The third-order valence-corrected chi connectivity index (χ3v) is 10.4. The van der Waals surface area contributed by atoms with Crippen molar-refractivity contribution < 1.29 is 31.6 Å². The maximum atomic E-state index is 13.9. The van der Waals surface area contributed by atoms with Crippen LogP contribution >= 0.6 is 0 Å². The predicted octanol–water partition coefficient (Wildman–Crippen LogP) is 4.76. The number of hydrogen-bond acceptors (Lipinski definition) is 10. The first-order chi connectivity index (χ1) is 23.3. The van der Waals surface area contributed by atoms with Crippen molar-refractivity contribution in [2.75, 3.05) is 82.8 Å². The molecule has 260 valence electrons. The van der Waals surface area contributed by atoms with Gasteiger partial charge in [0.05, 0.1) is 30.4 Å². The van der Waals surface area contributed by atoms with Crippen LogP contribution in [0.5, 0.6) is 5.75 Å². The number of ether oxygens (including phenoxy) is 3. The lowest BCUT2D eigenvalue weighted by Gasteiger charge is -2.38. The van der Waals surface area contributed by atoms with Gasteiger partial charge in [-0.15, -0.1) is 0 Å². The summed E-state index contributed by atoms with van der Waals surface area (Å²) in [6.45, 7) is 7.91. The van der Waals surface area contributed by atoms with E-state index in [0.29, 0.717) is 38.4 Å². The predicted molar refractivity (Wildman–Crippen MR) is 185 cm³/mol. The number of aryl methyl sites for hydroxylation is 1. The molecule has 2 aromatic carbocycles. The Hall–Kier alpha value is -3.55. The van der Waals surface area contributed by atoms with Crippen LogP contribution in [0, 0.1) is 18.8 Å². The van der Waals surface area contributed by atoms with Crippen molar-refractivity contribution in [3.8, 4) is 5.75 Å². The van der Waals surface area contributed by atoms with Gasteiger partial charge in [0.1, 0.15) is 11.6 Å². The molecule has 0 unspecified atom stereocenters. The van der Waals surface area contributed by atoms with Crippen molar-refractivity contribution in [2.45, 2.75) is 37.5 Å². The van der Waals surface area contributed by atoms with Gasteiger partial charge in [0, 0.05) is 58.5 Å². The number of anilines is 2. The molecular formula is C36H48N4O7S. The average Bonchev–Trinajstić information content (AvgIpc) is 3.12. The van der Waals surface area contributed by atoms with Crippen molar-refractivity contribution in [3.05, 3.63) is 78.5 Å². The highest BCUT2D eigenvalue weighted by atomic mass is 32.2. The molecule has 0 bridgehead atoms. The molecule has 1 aliphatic carbocycles. The summed E-state index contributed by atoms with van der Waals surface area (Å²) in [4.78, 5) is 25.2. The average molecular weight is 681 g/mol. The number of benzene rings is 2. The molecule has 1 amide bonds. The first-order valence-corrected chi connectivity index (χ1v) is 18.2. The van der Waals surface area contributed by atoms with Gasteiger partial charge in [0.25, 0.3) is 10.1 Å². The van der Waals surface area contributed by atoms with Gasteiger partial charge in [0.15, 0.2) is 6.79 Å². The largest absolute Gasteiger partial charge is 0.465 e. The van der Waals surface area contributed by atoms with Crippen LogP contribution in [0.3, 0.4) is 0 Å². The van der Waals surface area contributed by atoms with Crippen LogP contribution in [-0.2, 0) is 28.6 Å². The highest BCUT2D eigenvalue weighted by Gasteiger charge is 2.32. The lowest BCUT2D eigenvalue weighted by molar-refractivity contribution is -0.123. The number of pyridine rings is 1. The topological polar surface area (TPSA) is 111 Å². The minimum Gasteiger partial charge on any atom is -0.465 e. The number of para-hydroxylation sites is 2. The normalized spacial score (nSPS) is 18.8. The van der Waals surface area contributed by atoms with Crippen LogP contribution in [-0.4, -0.2) is 97.2 Å². The SMILES string of the molecule is COCCOCOc1ccccc1N1CCN(CCN(C(=O)C2CCC(COS(=O)(=O)c3ccc(C)cc3)CC2)c2ccccn2)CC1. The van der Waals surface area contributed by atoms with Gasteiger partial charge < -0.3 is 19.1 Å². The van der Waals surface area contributed by atoms with Gasteiger partial charge in [-0.1, -0.05) is 35.9 Å². The van der Waals surface area contributed by atoms with E-state index in [1.165, 1.54) is 0 Å². The standard InChI is InChI=1S/C36H48N4O7S/c1-29-10-16-32(17-11-29)48(42,43)47-27-30-12-14-31(15-13-30)36(41)40(35-9-5-6-18-37-35)24-21-38-19-22-39(23-20-38)33-7-3-4-8-34(33)46-28-45-26-25-44-2/h3-11,16-18,30-31H,12-15,19-28H2,1-2H3. The quantitative estimate of drug-likeness (QED) is 0.119. The van der Waals surface area contributed by atoms with E-state index in [9.17, 15) is 13.2 Å². The second-order valence-corrected chi connectivity index (χ2v) is 14.0. The van der Waals surface area contributed by atoms with Crippen molar-refractivity contribution >= 4 is 27.5 Å². The lowest BCUT2D eigenvalue weighted by atomic mass is 9.81. The van der Waals surface area contributed by atoms with Gasteiger partial charge in [-0.2, -0.15) is 8.42 Å². The van der Waals surface area contributed by atoms with Crippen molar-refractivity contribution in [1.29, 1.82) is 0 Å². The van der Waals surface area contributed by atoms with Crippen LogP contribution < -0.4 is 14.5 Å². The Kier molecular flexibility index (Phi) is 13.2. The molecule has 1 aliphatic heterocycles. The fourth-order valence-corrected chi connectivity index (χ4v) is 7.18. The number of nitrogens with zero attached hydrogens (tertiary/aromatic N) is 4. The van der Waals surface area contributed by atoms with E-state index in [0.717, 1.165) is 62.6 Å². The van der Waals surface area contributed by atoms with E-state index >= 15 is 0 Å². The van der Waals surface area contributed by atoms with E-state index < -0.39 is 10.1 Å². The maximum absolute atomic E-state index is 13.9. The van der Waals surface area contributed by atoms with Gasteiger partial charge in [-0.05, 0) is 74.9 Å². The molecule has 3 aromatic rings. The molecule has 0 atom stereocenters. The van der Waals surface area contributed by atoms with Crippen LogP contribution in [0.1, 0.15) is 31.2 Å². The summed E-state index contributed by atoms with van der Waals surface area (Å²) >= 11 is 0. The van der Waals surface area contributed by atoms with E-state index in [1.807, 2.05) is 48.2 Å². The fourth-order valence-electron chi connectivity index (χ4n) is 6.21. The van der Waals surface area contributed by atoms with Crippen LogP contribution in [0.25, 0.3) is 0 Å². The molecule has 2 fully saturated rings. The Labute approximate surface area is 284 Å². The molecule has 2 aliphatic rings. The zero-order valence-electron chi connectivity index (χ0n) is 28.0. The minimum absolute atomic E-state index is 0.0813. The summed E-state index contributed by atoms with van der Waals surface area (Å²) < 4.78 is 47.2. The zero-order valence-corrected chi connectivity index (χ0v) is 28.9. The second-order valence-electron chi connectivity index (χ2n) is 12.4. The van der Waals surface area contributed by atoms with Gasteiger partial charge in [-0.3, -0.25) is 18.8 Å². The Balaban J connectivity index is 1.11. The number of carbonyl (C=O) groups excluding carboxylic acids is 1. The number of aromatic nitrogens is 1. The van der Waals surface area contributed by atoms with E-state index in [1.54, 1.807) is 37.6 Å². The molecule has 0 N–H and O–H groups in total. The number of rotatable bonds is 16. The number of piperazine rings is 1. The minimum atomic E-state index is -3.81. The Morgan fingerprint density at radius 2 is 1.65 bits per heavy atom. The molecule has 1 aromatic heterocycles. The van der Waals surface area contributed by atoms with Crippen LogP contribution in [0.15, 0.2) is 77.8 Å². The molecule has 0 radical (unpaired) electrons. The van der Waals surface area contributed by atoms with Gasteiger partial charge in [-0.25, -0.2) is 4.98 Å². The summed E-state index contributed by atoms with van der Waals surface area (Å²) in [6.07, 6.45) is 4.58. The number of hydrogen-bond donors (Lipinski definition) is 0. The second kappa shape index (κ2) is 17.7. The van der Waals surface area contributed by atoms with E-state index in [4.69, 9.17) is 18.4 Å². The fraction of sp³-hybridized carbons (Fsp3) is 0.500. The summed E-state index contributed by atoms with van der Waals surface area (Å²) in [5, 5.41) is 0. The highest BCUT2D eigenvalue weighted by Crippen LogP contribution is 2.32. The lowest BCUT2D eigenvalue weighted by Crippen LogP contribution is -2.50. The summed E-state index contributed by atoms with van der Waals surface area (Å²) in [7, 11) is -2.17. The third kappa shape index (κ3) is 9.99. The Morgan fingerprint density at radius 1 is 0.917 bits per heavy atom. The molecule has 48 heavy (non-hydrogen) atoms. The number of carbonyl (C=O) groups is 1. The summed E-state index contributed by atoms with van der Waals surface area (Å²) in [5.41, 5.74) is 2.04. The summed E-state index contributed by atoms with van der Waals surface area (Å²) in [5.74, 6) is 1.49. The highest BCUT2D eigenvalue weighted by molar-refractivity contribution is 7.86. The van der Waals surface area contributed by atoms with E-state index in [-0.39, 0.29) is 36.0 Å². The number of methoxy groups -OCH3 is 1. The Morgan fingerprint density at radius 3 is 2.35 bits per heavy atom. The van der Waals surface area contributed by atoms with E-state index in [2.05, 4.69) is 20.9 Å². The third-order valence-electron chi connectivity index (χ3n) is 9.10. The molecular weight excluding hydrogens is 632 g/mol. The zero-order chi connectivity index (χ0) is 33.8. The molecule has 5 rings (SSSR count). The van der Waals surface area contributed by atoms with Crippen molar-refractivity contribution in [3.63, 3.8) is 0 Å². The molecule has 2 heterocycles. The van der Waals surface area contributed by atoms with Gasteiger partial charge >= 0.3 is 0 Å². The number of amides is 1. The molecule has 1 saturated heterocycles. The molecule has 1 saturated carbocycles. The first kappa shape index (κ1) is 35.7. The first-order valence-electron chi connectivity index (χ1n) is 16.8. The van der Waals surface area contributed by atoms with Crippen molar-refractivity contribution in [2.24, 2.45) is 11.8 Å². The molecule has 0 spiro atoms. The van der Waals surface area contributed by atoms with Gasteiger partial charge in [0.2, 0.25) is 5.91 Å². The maximum Gasteiger partial charge on any atom is 0.296 e. The monoisotopic (exact) mass is 680 g/mol.